The molecule has 1 amide bonds. The van der Waals surface area contributed by atoms with Crippen LogP contribution in [0.15, 0.2) is 36.8 Å². The minimum atomic E-state index is -0.143. The Morgan fingerprint density at radius 2 is 2.42 bits per heavy atom. The fourth-order valence-electron chi connectivity index (χ4n) is 1.85. The Bertz CT molecular complexity index is 565. The van der Waals surface area contributed by atoms with E-state index in [9.17, 15) is 4.79 Å². The number of amides is 1. The number of aromatic nitrogens is 3. The molecule has 0 aromatic carbocycles. The maximum absolute atomic E-state index is 12.1. The van der Waals surface area contributed by atoms with Gasteiger partial charge in [-0.2, -0.15) is 5.10 Å². The Labute approximate surface area is 114 Å². The van der Waals surface area contributed by atoms with E-state index in [-0.39, 0.29) is 11.9 Å². The van der Waals surface area contributed by atoms with E-state index in [1.807, 2.05) is 12.1 Å². The third kappa shape index (κ3) is 2.61. The lowest BCUT2D eigenvalue weighted by Gasteiger charge is -2.13. The highest BCUT2D eigenvalue weighted by molar-refractivity contribution is 7.99. The molecule has 19 heavy (non-hydrogen) atoms. The van der Waals surface area contributed by atoms with Crippen molar-refractivity contribution in [3.8, 4) is 5.82 Å². The minimum Gasteiger partial charge on any atom is -0.322 e. The molecule has 3 heterocycles. The van der Waals surface area contributed by atoms with E-state index in [0.717, 1.165) is 11.6 Å². The van der Waals surface area contributed by atoms with Crippen LogP contribution in [0.5, 0.6) is 0 Å². The molecule has 0 saturated carbocycles. The molecular weight excluding hydrogens is 262 g/mol. The first-order valence-electron chi connectivity index (χ1n) is 5.91. The van der Waals surface area contributed by atoms with Gasteiger partial charge in [0.15, 0.2) is 5.82 Å². The first-order valence-corrected chi connectivity index (χ1v) is 7.07. The maximum Gasteiger partial charge on any atom is 0.242 e. The molecule has 0 bridgehead atoms. The molecule has 1 atom stereocenters. The number of anilines is 1. The summed E-state index contributed by atoms with van der Waals surface area (Å²) in [5.74, 6) is 2.19. The third-order valence-electron chi connectivity index (χ3n) is 2.80. The molecule has 0 aliphatic carbocycles. The molecule has 6 nitrogen and oxygen atoms in total. The lowest BCUT2D eigenvalue weighted by atomic mass is 10.3. The molecule has 1 saturated heterocycles. The Balaban J connectivity index is 1.83. The predicted octanol–water partition coefficient (Wildman–Crippen LogP) is 0.868. The van der Waals surface area contributed by atoms with Gasteiger partial charge < -0.3 is 5.32 Å². The number of carbonyl (C=O) groups excluding carboxylic acids is 1. The molecule has 1 unspecified atom stereocenters. The largest absolute Gasteiger partial charge is 0.322 e. The number of pyridine rings is 1. The van der Waals surface area contributed by atoms with Crippen molar-refractivity contribution < 1.29 is 4.79 Å². The van der Waals surface area contributed by atoms with Crippen LogP contribution in [0.3, 0.4) is 0 Å². The van der Waals surface area contributed by atoms with Gasteiger partial charge >= 0.3 is 0 Å². The number of rotatable bonds is 3. The van der Waals surface area contributed by atoms with Gasteiger partial charge in [-0.1, -0.05) is 0 Å². The summed E-state index contributed by atoms with van der Waals surface area (Å²) in [6.07, 6.45) is 5.15. The van der Waals surface area contributed by atoms with Gasteiger partial charge in [0.05, 0.1) is 11.7 Å². The van der Waals surface area contributed by atoms with Crippen LogP contribution in [0.25, 0.3) is 5.82 Å². The van der Waals surface area contributed by atoms with Crippen LogP contribution >= 0.6 is 11.8 Å². The summed E-state index contributed by atoms with van der Waals surface area (Å²) >= 11 is 1.72. The molecule has 2 aromatic rings. The second-order valence-electron chi connectivity index (χ2n) is 4.09. The van der Waals surface area contributed by atoms with Crippen molar-refractivity contribution in [3.05, 3.63) is 36.8 Å². The van der Waals surface area contributed by atoms with Crippen LogP contribution in [-0.2, 0) is 4.79 Å². The first-order chi connectivity index (χ1) is 9.34. The first kappa shape index (κ1) is 12.2. The van der Waals surface area contributed by atoms with Gasteiger partial charge in [0.25, 0.3) is 0 Å². The standard InChI is InChI=1S/C12H13N5OS/c18-12(10-7-19-8-14-10)16-9-3-1-4-13-11(9)17-6-2-5-15-17/h1-6,10,14H,7-8H2,(H,16,18). The summed E-state index contributed by atoms with van der Waals surface area (Å²) < 4.78 is 1.63. The second kappa shape index (κ2) is 5.41. The zero-order chi connectivity index (χ0) is 13.1. The van der Waals surface area contributed by atoms with Crippen molar-refractivity contribution in [3.63, 3.8) is 0 Å². The van der Waals surface area contributed by atoms with Crippen LogP contribution in [0.1, 0.15) is 0 Å². The zero-order valence-corrected chi connectivity index (χ0v) is 10.9. The Morgan fingerprint density at radius 3 is 3.16 bits per heavy atom. The highest BCUT2D eigenvalue weighted by atomic mass is 32.2. The number of nitrogens with zero attached hydrogens (tertiary/aromatic N) is 3. The van der Waals surface area contributed by atoms with E-state index >= 15 is 0 Å². The van der Waals surface area contributed by atoms with Gasteiger partial charge in [-0.3, -0.25) is 10.1 Å². The van der Waals surface area contributed by atoms with Gasteiger partial charge in [0.2, 0.25) is 5.91 Å². The number of hydrogen-bond acceptors (Lipinski definition) is 5. The molecule has 1 fully saturated rings. The summed E-state index contributed by atoms with van der Waals surface area (Å²) in [5.41, 5.74) is 0.662. The lowest BCUT2D eigenvalue weighted by Crippen LogP contribution is -2.37. The quantitative estimate of drug-likeness (QED) is 0.869. The molecular formula is C12H13N5OS. The highest BCUT2D eigenvalue weighted by Gasteiger charge is 2.23. The summed E-state index contributed by atoms with van der Waals surface area (Å²) in [6, 6.07) is 5.29. The van der Waals surface area contributed by atoms with Gasteiger partial charge in [-0.25, -0.2) is 9.67 Å². The average Bonchev–Trinajstić information content (AvgIpc) is 3.13. The predicted molar refractivity (Wildman–Crippen MR) is 74.2 cm³/mol. The molecule has 2 aromatic heterocycles. The van der Waals surface area contributed by atoms with Crippen molar-refractivity contribution in [1.29, 1.82) is 0 Å². The number of carbonyl (C=O) groups is 1. The highest BCUT2D eigenvalue weighted by Crippen LogP contribution is 2.18. The Morgan fingerprint density at radius 1 is 1.47 bits per heavy atom. The second-order valence-corrected chi connectivity index (χ2v) is 5.12. The SMILES string of the molecule is O=C(Nc1cccnc1-n1cccn1)C1CSCN1. The van der Waals surface area contributed by atoms with Crippen LogP contribution < -0.4 is 10.6 Å². The summed E-state index contributed by atoms with van der Waals surface area (Å²) in [4.78, 5) is 16.4. The van der Waals surface area contributed by atoms with E-state index in [4.69, 9.17) is 0 Å². The summed E-state index contributed by atoms with van der Waals surface area (Å²) in [6.45, 7) is 0. The zero-order valence-electron chi connectivity index (χ0n) is 10.1. The average molecular weight is 275 g/mol. The fourth-order valence-corrected chi connectivity index (χ4v) is 2.80. The normalized spacial score (nSPS) is 18.4. The maximum atomic E-state index is 12.1. The van der Waals surface area contributed by atoms with Crippen molar-refractivity contribution >= 4 is 23.4 Å². The van der Waals surface area contributed by atoms with E-state index in [1.54, 1.807) is 41.1 Å². The molecule has 3 rings (SSSR count). The molecule has 0 radical (unpaired) electrons. The van der Waals surface area contributed by atoms with Crippen LogP contribution in [0.2, 0.25) is 0 Å². The van der Waals surface area contributed by atoms with Gasteiger partial charge in [0, 0.05) is 30.2 Å². The van der Waals surface area contributed by atoms with E-state index < -0.39 is 0 Å². The van der Waals surface area contributed by atoms with Crippen molar-refractivity contribution in [2.45, 2.75) is 6.04 Å². The van der Waals surface area contributed by atoms with E-state index in [0.29, 0.717) is 11.5 Å². The van der Waals surface area contributed by atoms with Crippen molar-refractivity contribution in [2.24, 2.45) is 0 Å². The van der Waals surface area contributed by atoms with Crippen molar-refractivity contribution in [2.75, 3.05) is 16.9 Å². The van der Waals surface area contributed by atoms with E-state index in [2.05, 4.69) is 20.7 Å². The number of hydrogen-bond donors (Lipinski definition) is 2. The van der Waals surface area contributed by atoms with Gasteiger partial charge in [0.1, 0.15) is 0 Å². The number of nitrogens with one attached hydrogen (secondary N) is 2. The molecule has 98 valence electrons. The molecule has 1 aliphatic rings. The molecule has 7 heteroatoms. The third-order valence-corrected chi connectivity index (χ3v) is 3.74. The van der Waals surface area contributed by atoms with E-state index in [1.165, 1.54) is 0 Å². The van der Waals surface area contributed by atoms with Crippen LogP contribution in [0.4, 0.5) is 5.69 Å². The molecule has 2 N–H and O–H groups in total. The van der Waals surface area contributed by atoms with Gasteiger partial charge in [-0.05, 0) is 18.2 Å². The molecule has 0 spiro atoms. The number of thioether (sulfide) groups is 1. The van der Waals surface area contributed by atoms with Crippen molar-refractivity contribution in [1.82, 2.24) is 20.1 Å². The smallest absolute Gasteiger partial charge is 0.242 e. The topological polar surface area (TPSA) is 71.8 Å². The Hall–Kier alpha value is -1.86. The van der Waals surface area contributed by atoms with Crippen LogP contribution in [0, 0.1) is 0 Å². The fraction of sp³-hybridized carbons (Fsp3) is 0.250. The summed E-state index contributed by atoms with van der Waals surface area (Å²) in [7, 11) is 0. The Kier molecular flexibility index (Phi) is 3.47. The lowest BCUT2D eigenvalue weighted by molar-refractivity contribution is -0.117. The molecule has 1 aliphatic heterocycles. The monoisotopic (exact) mass is 275 g/mol. The van der Waals surface area contributed by atoms with Crippen LogP contribution in [-0.4, -0.2) is 38.3 Å². The minimum absolute atomic E-state index is 0.0357. The van der Waals surface area contributed by atoms with Gasteiger partial charge in [-0.15, -0.1) is 11.8 Å². The summed E-state index contributed by atoms with van der Waals surface area (Å²) in [5, 5.41) is 10.2.